The van der Waals surface area contributed by atoms with E-state index in [9.17, 15) is 0 Å². The third-order valence-electron chi connectivity index (χ3n) is 1.57. The lowest BCUT2D eigenvalue weighted by atomic mass is 10.6. The van der Waals surface area contributed by atoms with E-state index in [-0.39, 0.29) is 0 Å². The standard InChI is InChI=1S/C7H10N4S2/c8-6-11-5(3-12-6)4-13-7-9-1-2-10-7/h3H,1-2,4H2,(H2,8,11)(H,9,10). The maximum Gasteiger partial charge on any atom is 0.180 e. The van der Waals surface area contributed by atoms with Crippen molar-refractivity contribution in [3.8, 4) is 0 Å². The SMILES string of the molecule is Nc1nc(CSC2=NCCN2)cs1. The van der Waals surface area contributed by atoms with E-state index in [0.717, 1.165) is 29.7 Å². The molecule has 1 aliphatic heterocycles. The summed E-state index contributed by atoms with van der Waals surface area (Å²) >= 11 is 3.16. The van der Waals surface area contributed by atoms with Crippen LogP contribution in [0.15, 0.2) is 10.4 Å². The quantitative estimate of drug-likeness (QED) is 0.768. The highest BCUT2D eigenvalue weighted by Gasteiger charge is 2.06. The van der Waals surface area contributed by atoms with Crippen molar-refractivity contribution in [2.45, 2.75) is 5.75 Å². The molecule has 0 atom stereocenters. The Balaban J connectivity index is 1.85. The van der Waals surface area contributed by atoms with E-state index in [0.29, 0.717) is 5.13 Å². The van der Waals surface area contributed by atoms with Gasteiger partial charge in [0.25, 0.3) is 0 Å². The van der Waals surface area contributed by atoms with E-state index in [1.54, 1.807) is 11.8 Å². The smallest absolute Gasteiger partial charge is 0.180 e. The third-order valence-corrected chi connectivity index (χ3v) is 3.28. The zero-order valence-corrected chi connectivity index (χ0v) is 8.62. The molecule has 0 saturated heterocycles. The fourth-order valence-electron chi connectivity index (χ4n) is 1.00. The van der Waals surface area contributed by atoms with Gasteiger partial charge in [0.15, 0.2) is 10.3 Å². The summed E-state index contributed by atoms with van der Waals surface area (Å²) in [5.41, 5.74) is 6.55. The van der Waals surface area contributed by atoms with Crippen LogP contribution in [0.4, 0.5) is 5.13 Å². The minimum absolute atomic E-state index is 0.636. The van der Waals surface area contributed by atoms with E-state index in [2.05, 4.69) is 15.3 Å². The molecule has 1 aromatic heterocycles. The first-order valence-electron chi connectivity index (χ1n) is 3.95. The number of thiazole rings is 1. The molecular weight excluding hydrogens is 204 g/mol. The van der Waals surface area contributed by atoms with Crippen LogP contribution in [-0.4, -0.2) is 23.2 Å². The van der Waals surface area contributed by atoms with E-state index >= 15 is 0 Å². The Morgan fingerprint density at radius 3 is 3.23 bits per heavy atom. The second-order valence-electron chi connectivity index (χ2n) is 2.58. The first-order chi connectivity index (χ1) is 6.34. The molecule has 0 spiro atoms. The second kappa shape index (κ2) is 3.97. The molecule has 13 heavy (non-hydrogen) atoms. The molecule has 0 bridgehead atoms. The molecule has 0 unspecified atom stereocenters. The van der Waals surface area contributed by atoms with Gasteiger partial charge >= 0.3 is 0 Å². The highest BCUT2D eigenvalue weighted by atomic mass is 32.2. The van der Waals surface area contributed by atoms with Crippen LogP contribution >= 0.6 is 23.1 Å². The summed E-state index contributed by atoms with van der Waals surface area (Å²) in [4.78, 5) is 8.43. The van der Waals surface area contributed by atoms with Crippen LogP contribution in [0.5, 0.6) is 0 Å². The molecule has 0 fully saturated rings. The molecule has 0 saturated carbocycles. The van der Waals surface area contributed by atoms with Crippen molar-refractivity contribution in [1.29, 1.82) is 0 Å². The Kier molecular flexibility index (Phi) is 2.70. The summed E-state index contributed by atoms with van der Waals surface area (Å²) in [6, 6.07) is 0. The van der Waals surface area contributed by atoms with Gasteiger partial charge in [0.2, 0.25) is 0 Å². The van der Waals surface area contributed by atoms with Crippen molar-refractivity contribution in [2.24, 2.45) is 4.99 Å². The summed E-state index contributed by atoms with van der Waals surface area (Å²) in [5, 5.41) is 6.83. The van der Waals surface area contributed by atoms with Gasteiger partial charge < -0.3 is 11.1 Å². The number of anilines is 1. The second-order valence-corrected chi connectivity index (χ2v) is 4.43. The van der Waals surface area contributed by atoms with Crippen LogP contribution in [0, 0.1) is 0 Å². The summed E-state index contributed by atoms with van der Waals surface area (Å²) < 4.78 is 0. The predicted octanol–water partition coefficient (Wildman–Crippen LogP) is 0.918. The van der Waals surface area contributed by atoms with Gasteiger partial charge in [-0.25, -0.2) is 4.98 Å². The van der Waals surface area contributed by atoms with Gasteiger partial charge in [-0.2, -0.15) is 0 Å². The van der Waals surface area contributed by atoms with Crippen LogP contribution in [0.1, 0.15) is 5.69 Å². The first-order valence-corrected chi connectivity index (χ1v) is 5.82. The number of nitrogens with one attached hydrogen (secondary N) is 1. The highest BCUT2D eigenvalue weighted by molar-refractivity contribution is 8.13. The summed E-state index contributed by atoms with van der Waals surface area (Å²) in [6.07, 6.45) is 0. The van der Waals surface area contributed by atoms with Crippen LogP contribution in [0.25, 0.3) is 0 Å². The van der Waals surface area contributed by atoms with E-state index in [1.807, 2.05) is 5.38 Å². The zero-order valence-electron chi connectivity index (χ0n) is 6.99. The summed E-state index contributed by atoms with van der Waals surface area (Å²) in [5.74, 6) is 0.847. The molecule has 3 N–H and O–H groups in total. The molecule has 1 aromatic rings. The molecule has 2 heterocycles. The van der Waals surface area contributed by atoms with E-state index in [4.69, 9.17) is 5.73 Å². The lowest BCUT2D eigenvalue weighted by Gasteiger charge is -1.98. The monoisotopic (exact) mass is 214 g/mol. The van der Waals surface area contributed by atoms with Gasteiger partial charge in [-0.15, -0.1) is 11.3 Å². The molecule has 70 valence electrons. The number of aliphatic imine (C=N–C) groups is 1. The predicted molar refractivity (Wildman–Crippen MR) is 58.1 cm³/mol. The maximum absolute atomic E-state index is 5.51. The van der Waals surface area contributed by atoms with Crippen LogP contribution < -0.4 is 11.1 Å². The number of hydrogen-bond acceptors (Lipinski definition) is 6. The molecule has 0 aliphatic carbocycles. The van der Waals surface area contributed by atoms with Gasteiger partial charge in [0.1, 0.15) is 0 Å². The zero-order chi connectivity index (χ0) is 9.10. The van der Waals surface area contributed by atoms with Gasteiger partial charge in [-0.1, -0.05) is 11.8 Å². The topological polar surface area (TPSA) is 63.3 Å². The largest absolute Gasteiger partial charge is 0.375 e. The van der Waals surface area contributed by atoms with Gasteiger partial charge in [-0.05, 0) is 0 Å². The molecule has 0 aromatic carbocycles. The van der Waals surface area contributed by atoms with Crippen molar-refractivity contribution in [1.82, 2.24) is 10.3 Å². The summed E-state index contributed by atoms with van der Waals surface area (Å²) in [7, 11) is 0. The maximum atomic E-state index is 5.51. The lowest BCUT2D eigenvalue weighted by Crippen LogP contribution is -2.15. The Bertz CT molecular complexity index is 320. The van der Waals surface area contributed by atoms with E-state index < -0.39 is 0 Å². The van der Waals surface area contributed by atoms with Crippen molar-refractivity contribution in [3.05, 3.63) is 11.1 Å². The molecular formula is C7H10N4S2. The number of thioether (sulfide) groups is 1. The number of hydrogen-bond donors (Lipinski definition) is 2. The Hall–Kier alpha value is -0.750. The fraction of sp³-hybridized carbons (Fsp3) is 0.429. The molecule has 0 amide bonds. The Labute approximate surface area is 84.7 Å². The van der Waals surface area contributed by atoms with Gasteiger partial charge in [0.05, 0.1) is 12.2 Å². The third kappa shape index (κ3) is 2.35. The highest BCUT2D eigenvalue weighted by Crippen LogP contribution is 2.17. The average Bonchev–Trinajstić information content (AvgIpc) is 2.71. The van der Waals surface area contributed by atoms with Crippen molar-refractivity contribution < 1.29 is 0 Å². The lowest BCUT2D eigenvalue weighted by molar-refractivity contribution is 0.963. The van der Waals surface area contributed by atoms with Crippen molar-refractivity contribution in [3.63, 3.8) is 0 Å². The first kappa shape index (κ1) is 8.83. The van der Waals surface area contributed by atoms with Crippen molar-refractivity contribution in [2.75, 3.05) is 18.8 Å². The summed E-state index contributed by atoms with van der Waals surface area (Å²) in [6.45, 7) is 1.85. The number of rotatable bonds is 2. The van der Waals surface area contributed by atoms with Crippen LogP contribution in [-0.2, 0) is 5.75 Å². The molecule has 6 heteroatoms. The van der Waals surface area contributed by atoms with Gasteiger partial charge in [-0.3, -0.25) is 4.99 Å². The minimum Gasteiger partial charge on any atom is -0.375 e. The number of nitrogen functional groups attached to an aromatic ring is 1. The number of nitrogens with zero attached hydrogens (tertiary/aromatic N) is 2. The molecule has 2 rings (SSSR count). The number of nitrogens with two attached hydrogens (primary N) is 1. The number of aromatic nitrogens is 1. The molecule has 1 aliphatic rings. The minimum atomic E-state index is 0.636. The van der Waals surface area contributed by atoms with Crippen LogP contribution in [0.3, 0.4) is 0 Å². The molecule has 4 nitrogen and oxygen atoms in total. The molecule has 0 radical (unpaired) electrons. The van der Waals surface area contributed by atoms with Gasteiger partial charge in [0, 0.05) is 17.7 Å². The normalized spacial score (nSPS) is 15.5. The number of amidine groups is 1. The van der Waals surface area contributed by atoms with Crippen LogP contribution in [0.2, 0.25) is 0 Å². The fourth-order valence-corrected chi connectivity index (χ4v) is 2.49. The van der Waals surface area contributed by atoms with Crippen molar-refractivity contribution >= 4 is 33.4 Å². The average molecular weight is 214 g/mol. The Morgan fingerprint density at radius 2 is 2.62 bits per heavy atom. The Morgan fingerprint density at radius 1 is 1.69 bits per heavy atom. The van der Waals surface area contributed by atoms with E-state index in [1.165, 1.54) is 11.3 Å².